The Morgan fingerprint density at radius 1 is 1.47 bits per heavy atom. The van der Waals surface area contributed by atoms with Crippen LogP contribution in [0.25, 0.3) is 0 Å². The van der Waals surface area contributed by atoms with Crippen molar-refractivity contribution in [3.8, 4) is 11.6 Å². The van der Waals surface area contributed by atoms with Crippen molar-refractivity contribution in [2.75, 3.05) is 0 Å². The van der Waals surface area contributed by atoms with Crippen LogP contribution in [0.1, 0.15) is 26.7 Å². The number of pyridine rings is 1. The Bertz CT molecular complexity index is 350. The molecule has 0 amide bonds. The maximum Gasteiger partial charge on any atom is 0.215 e. The summed E-state index contributed by atoms with van der Waals surface area (Å²) < 4.78 is 11.0. The highest BCUT2D eigenvalue weighted by Crippen LogP contribution is 2.32. The van der Waals surface area contributed by atoms with Gasteiger partial charge >= 0.3 is 0 Å². The zero-order chi connectivity index (χ0) is 10.8. The van der Waals surface area contributed by atoms with E-state index in [1.807, 2.05) is 13.8 Å². The van der Waals surface area contributed by atoms with E-state index in [1.165, 1.54) is 0 Å². The molecule has 15 heavy (non-hydrogen) atoms. The number of halogens is 1. The summed E-state index contributed by atoms with van der Waals surface area (Å²) in [7, 11) is 0. The first-order valence-electron chi connectivity index (χ1n) is 5.14. The Morgan fingerprint density at radius 2 is 2.20 bits per heavy atom. The molecular formula is C11H14ClNO2. The number of hydrogen-bond donors (Lipinski definition) is 0. The van der Waals surface area contributed by atoms with Gasteiger partial charge in [0.2, 0.25) is 5.88 Å². The van der Waals surface area contributed by atoms with E-state index in [-0.39, 0.29) is 6.10 Å². The molecule has 1 heterocycles. The molecule has 3 nitrogen and oxygen atoms in total. The Balaban J connectivity index is 2.07. The van der Waals surface area contributed by atoms with Crippen molar-refractivity contribution in [2.45, 2.75) is 38.9 Å². The van der Waals surface area contributed by atoms with E-state index >= 15 is 0 Å². The van der Waals surface area contributed by atoms with Gasteiger partial charge in [0, 0.05) is 6.07 Å². The van der Waals surface area contributed by atoms with Gasteiger partial charge in [-0.25, -0.2) is 4.98 Å². The van der Waals surface area contributed by atoms with Gasteiger partial charge in [0.05, 0.1) is 23.4 Å². The quantitative estimate of drug-likeness (QED) is 0.792. The van der Waals surface area contributed by atoms with Gasteiger partial charge in [-0.2, -0.15) is 0 Å². The molecule has 0 radical (unpaired) electrons. The maximum absolute atomic E-state index is 6.04. The molecule has 1 aromatic heterocycles. The highest BCUT2D eigenvalue weighted by atomic mass is 35.5. The van der Waals surface area contributed by atoms with Gasteiger partial charge in [-0.05, 0) is 26.7 Å². The second-order valence-corrected chi connectivity index (χ2v) is 4.34. The van der Waals surface area contributed by atoms with Gasteiger partial charge in [-0.1, -0.05) is 11.6 Å². The summed E-state index contributed by atoms with van der Waals surface area (Å²) in [6, 6.07) is 1.69. The van der Waals surface area contributed by atoms with Crippen LogP contribution in [-0.4, -0.2) is 17.2 Å². The third-order valence-corrected chi connectivity index (χ3v) is 2.26. The van der Waals surface area contributed by atoms with Crippen molar-refractivity contribution in [2.24, 2.45) is 0 Å². The molecule has 2 rings (SSSR count). The Morgan fingerprint density at radius 3 is 2.73 bits per heavy atom. The molecule has 0 bridgehead atoms. The van der Waals surface area contributed by atoms with Gasteiger partial charge < -0.3 is 9.47 Å². The first kappa shape index (κ1) is 10.6. The topological polar surface area (TPSA) is 31.4 Å². The summed E-state index contributed by atoms with van der Waals surface area (Å²) in [6.07, 6.45) is 4.28. The molecule has 0 saturated heterocycles. The number of aromatic nitrogens is 1. The van der Waals surface area contributed by atoms with Crippen LogP contribution in [0.2, 0.25) is 5.02 Å². The van der Waals surface area contributed by atoms with E-state index in [0.717, 1.165) is 12.8 Å². The lowest BCUT2D eigenvalue weighted by Crippen LogP contribution is -2.07. The van der Waals surface area contributed by atoms with E-state index < -0.39 is 0 Å². The van der Waals surface area contributed by atoms with E-state index in [1.54, 1.807) is 12.3 Å². The van der Waals surface area contributed by atoms with Crippen LogP contribution < -0.4 is 9.47 Å². The Labute approximate surface area is 94.4 Å². The van der Waals surface area contributed by atoms with E-state index in [2.05, 4.69) is 4.98 Å². The average Bonchev–Trinajstić information content (AvgIpc) is 2.92. The first-order valence-corrected chi connectivity index (χ1v) is 5.52. The number of rotatable bonds is 4. The molecule has 0 N–H and O–H groups in total. The number of ether oxygens (including phenoxy) is 2. The second kappa shape index (κ2) is 4.27. The minimum absolute atomic E-state index is 0.101. The normalized spacial score (nSPS) is 15.5. The second-order valence-electron chi connectivity index (χ2n) is 3.94. The van der Waals surface area contributed by atoms with Crippen LogP contribution in [0, 0.1) is 0 Å². The molecule has 0 unspecified atom stereocenters. The number of hydrogen-bond acceptors (Lipinski definition) is 3. The molecule has 1 fully saturated rings. The molecule has 1 saturated carbocycles. The van der Waals surface area contributed by atoms with Crippen LogP contribution >= 0.6 is 11.6 Å². The van der Waals surface area contributed by atoms with Crippen molar-refractivity contribution in [1.29, 1.82) is 0 Å². The van der Waals surface area contributed by atoms with Crippen LogP contribution in [0.3, 0.4) is 0 Å². The van der Waals surface area contributed by atoms with Crippen LogP contribution in [0.15, 0.2) is 12.3 Å². The molecule has 82 valence electrons. The van der Waals surface area contributed by atoms with Gasteiger partial charge in [0.15, 0.2) is 5.75 Å². The molecule has 4 heteroatoms. The molecule has 1 aliphatic rings. The van der Waals surface area contributed by atoms with Crippen molar-refractivity contribution < 1.29 is 9.47 Å². The monoisotopic (exact) mass is 227 g/mol. The highest BCUT2D eigenvalue weighted by molar-refractivity contribution is 6.32. The van der Waals surface area contributed by atoms with Crippen molar-refractivity contribution in [3.63, 3.8) is 0 Å². The lowest BCUT2D eigenvalue weighted by molar-refractivity contribution is 0.231. The first-order chi connectivity index (χ1) is 7.15. The smallest absolute Gasteiger partial charge is 0.215 e. The van der Waals surface area contributed by atoms with Crippen LogP contribution in [-0.2, 0) is 0 Å². The minimum Gasteiger partial charge on any atom is -0.487 e. The molecule has 0 aromatic carbocycles. The zero-order valence-corrected chi connectivity index (χ0v) is 9.62. The number of nitrogens with zero attached hydrogens (tertiary/aromatic N) is 1. The minimum atomic E-state index is 0.101. The van der Waals surface area contributed by atoms with Crippen molar-refractivity contribution >= 4 is 11.6 Å². The molecule has 0 aliphatic heterocycles. The van der Waals surface area contributed by atoms with Gasteiger partial charge in [-0.15, -0.1) is 0 Å². The molecular weight excluding hydrogens is 214 g/mol. The zero-order valence-electron chi connectivity index (χ0n) is 8.87. The fourth-order valence-corrected chi connectivity index (χ4v) is 1.35. The summed E-state index contributed by atoms with van der Waals surface area (Å²) in [6.45, 7) is 3.90. The Hall–Kier alpha value is -0.960. The van der Waals surface area contributed by atoms with Crippen LogP contribution in [0.5, 0.6) is 11.6 Å². The van der Waals surface area contributed by atoms with Gasteiger partial charge in [-0.3, -0.25) is 0 Å². The van der Waals surface area contributed by atoms with Crippen molar-refractivity contribution in [1.82, 2.24) is 4.98 Å². The lowest BCUT2D eigenvalue weighted by atomic mass is 10.4. The summed E-state index contributed by atoms with van der Waals surface area (Å²) in [5.41, 5.74) is 0. The fraction of sp³-hybridized carbons (Fsp3) is 0.545. The summed E-state index contributed by atoms with van der Waals surface area (Å²) in [5, 5.41) is 0.563. The fourth-order valence-electron chi connectivity index (χ4n) is 1.16. The van der Waals surface area contributed by atoms with E-state index in [0.29, 0.717) is 22.8 Å². The summed E-state index contributed by atoms with van der Waals surface area (Å²) in [4.78, 5) is 4.13. The predicted molar refractivity (Wildman–Crippen MR) is 58.7 cm³/mol. The third-order valence-electron chi connectivity index (χ3n) is 1.97. The average molecular weight is 228 g/mol. The maximum atomic E-state index is 6.04. The molecule has 0 atom stereocenters. The predicted octanol–water partition coefficient (Wildman–Crippen LogP) is 3.06. The summed E-state index contributed by atoms with van der Waals surface area (Å²) >= 11 is 6.04. The summed E-state index contributed by atoms with van der Waals surface area (Å²) in [5.74, 6) is 1.19. The van der Waals surface area contributed by atoms with Crippen LogP contribution in [0.4, 0.5) is 0 Å². The molecule has 0 spiro atoms. The van der Waals surface area contributed by atoms with E-state index in [9.17, 15) is 0 Å². The largest absolute Gasteiger partial charge is 0.487 e. The van der Waals surface area contributed by atoms with Crippen molar-refractivity contribution in [3.05, 3.63) is 17.3 Å². The van der Waals surface area contributed by atoms with Gasteiger partial charge in [0.25, 0.3) is 0 Å². The SMILES string of the molecule is CC(C)Oc1cc(Cl)c(OC2CC2)cn1. The Kier molecular flexibility index (Phi) is 3.00. The molecule has 1 aliphatic carbocycles. The highest BCUT2D eigenvalue weighted by Gasteiger charge is 2.24. The third kappa shape index (κ3) is 2.99. The molecule has 1 aromatic rings. The van der Waals surface area contributed by atoms with Gasteiger partial charge in [0.1, 0.15) is 0 Å². The standard InChI is InChI=1S/C11H14ClNO2/c1-7(2)14-11-5-9(12)10(6-13-11)15-8-3-4-8/h5-8H,3-4H2,1-2H3. The van der Waals surface area contributed by atoms with E-state index in [4.69, 9.17) is 21.1 Å². The lowest BCUT2D eigenvalue weighted by Gasteiger charge is -2.10.